The third kappa shape index (κ3) is 3.33. The molecule has 0 aromatic heterocycles. The first-order valence-electron chi connectivity index (χ1n) is 9.33. The number of carbonyl (C=O) groups is 2. The quantitative estimate of drug-likeness (QED) is 0.759. The van der Waals surface area contributed by atoms with E-state index in [0.717, 1.165) is 0 Å². The van der Waals surface area contributed by atoms with Gasteiger partial charge in [-0.1, -0.05) is 18.2 Å². The first-order valence-corrected chi connectivity index (χ1v) is 9.33. The number of para-hydroxylation sites is 1. The Morgan fingerprint density at radius 2 is 1.75 bits per heavy atom. The van der Waals surface area contributed by atoms with Gasteiger partial charge in [0.25, 0.3) is 5.91 Å². The Bertz CT molecular complexity index is 896. The SMILES string of the molecule is COc1cccc(N2C(=O)C[C@@H](N3CCN(c4ccccc4F)CC3)C2=O)c1. The number of anilines is 2. The summed E-state index contributed by atoms with van der Waals surface area (Å²) in [5.41, 5.74) is 1.11. The molecule has 146 valence electrons. The Labute approximate surface area is 163 Å². The number of methoxy groups -OCH3 is 1. The zero-order chi connectivity index (χ0) is 19.7. The maximum Gasteiger partial charge on any atom is 0.251 e. The molecule has 2 aromatic rings. The lowest BCUT2D eigenvalue weighted by Crippen LogP contribution is -2.52. The van der Waals surface area contributed by atoms with Gasteiger partial charge in [0.15, 0.2) is 0 Å². The van der Waals surface area contributed by atoms with Crippen molar-refractivity contribution in [3.05, 3.63) is 54.3 Å². The molecule has 28 heavy (non-hydrogen) atoms. The Hall–Kier alpha value is -2.93. The van der Waals surface area contributed by atoms with E-state index < -0.39 is 6.04 Å². The number of benzene rings is 2. The van der Waals surface area contributed by atoms with E-state index in [9.17, 15) is 14.0 Å². The van der Waals surface area contributed by atoms with Crippen molar-refractivity contribution in [2.45, 2.75) is 12.5 Å². The van der Waals surface area contributed by atoms with Crippen LogP contribution in [-0.2, 0) is 9.59 Å². The molecule has 0 aliphatic carbocycles. The fraction of sp³-hybridized carbons (Fsp3) is 0.333. The van der Waals surface area contributed by atoms with Crippen molar-refractivity contribution in [2.75, 3.05) is 43.1 Å². The van der Waals surface area contributed by atoms with Crippen LogP contribution >= 0.6 is 0 Å². The van der Waals surface area contributed by atoms with Crippen molar-refractivity contribution in [3.8, 4) is 5.75 Å². The minimum absolute atomic E-state index is 0.162. The number of piperazine rings is 1. The molecular weight excluding hydrogens is 361 g/mol. The van der Waals surface area contributed by atoms with Gasteiger partial charge >= 0.3 is 0 Å². The molecule has 6 nitrogen and oxygen atoms in total. The Balaban J connectivity index is 1.45. The van der Waals surface area contributed by atoms with Crippen LogP contribution in [0.1, 0.15) is 6.42 Å². The van der Waals surface area contributed by atoms with Crippen molar-refractivity contribution >= 4 is 23.2 Å². The van der Waals surface area contributed by atoms with Crippen molar-refractivity contribution in [1.29, 1.82) is 0 Å². The molecule has 2 saturated heterocycles. The van der Waals surface area contributed by atoms with Crippen LogP contribution in [0.2, 0.25) is 0 Å². The first-order chi connectivity index (χ1) is 13.6. The standard InChI is InChI=1S/C21H22FN3O3/c1-28-16-6-4-5-15(13-16)25-20(26)14-19(21(25)27)24-11-9-23(10-12-24)18-8-3-2-7-17(18)22/h2-8,13,19H,9-12,14H2,1H3/t19-/m1/s1. The molecular formula is C21H22FN3O3. The molecule has 4 rings (SSSR count). The Morgan fingerprint density at radius 1 is 1.00 bits per heavy atom. The van der Waals surface area contributed by atoms with Crippen LogP contribution < -0.4 is 14.5 Å². The molecule has 0 N–H and O–H groups in total. The van der Waals surface area contributed by atoms with Gasteiger partial charge in [-0.05, 0) is 24.3 Å². The van der Waals surface area contributed by atoms with Gasteiger partial charge in [-0.15, -0.1) is 0 Å². The van der Waals surface area contributed by atoms with Crippen LogP contribution in [0.25, 0.3) is 0 Å². The molecule has 0 spiro atoms. The molecule has 0 unspecified atom stereocenters. The number of amides is 2. The van der Waals surface area contributed by atoms with Gasteiger partial charge in [0.1, 0.15) is 11.6 Å². The number of ether oxygens (including phenoxy) is 1. The molecule has 2 aliphatic rings. The van der Waals surface area contributed by atoms with Crippen LogP contribution in [0.3, 0.4) is 0 Å². The maximum absolute atomic E-state index is 14.0. The lowest BCUT2D eigenvalue weighted by atomic mass is 10.1. The number of nitrogens with zero attached hydrogens (tertiary/aromatic N) is 3. The summed E-state index contributed by atoms with van der Waals surface area (Å²) in [5.74, 6) is -0.0651. The molecule has 2 amide bonds. The van der Waals surface area contributed by atoms with E-state index in [-0.39, 0.29) is 24.1 Å². The van der Waals surface area contributed by atoms with Gasteiger partial charge in [0, 0.05) is 32.2 Å². The monoisotopic (exact) mass is 383 g/mol. The van der Waals surface area contributed by atoms with Crippen LogP contribution in [0.5, 0.6) is 5.75 Å². The molecule has 7 heteroatoms. The first kappa shape index (κ1) is 18.4. The molecule has 1 atom stereocenters. The molecule has 2 fully saturated rings. The molecule has 0 radical (unpaired) electrons. The second kappa shape index (κ2) is 7.59. The van der Waals surface area contributed by atoms with Crippen molar-refractivity contribution in [1.82, 2.24) is 4.90 Å². The summed E-state index contributed by atoms with van der Waals surface area (Å²) in [6, 6.07) is 13.2. The number of imide groups is 1. The highest BCUT2D eigenvalue weighted by atomic mass is 19.1. The number of rotatable bonds is 4. The van der Waals surface area contributed by atoms with E-state index in [0.29, 0.717) is 43.3 Å². The zero-order valence-corrected chi connectivity index (χ0v) is 15.7. The Kier molecular flexibility index (Phi) is 5.00. The van der Waals surface area contributed by atoms with Crippen molar-refractivity contribution in [3.63, 3.8) is 0 Å². The van der Waals surface area contributed by atoms with E-state index in [1.807, 2.05) is 15.9 Å². The zero-order valence-electron chi connectivity index (χ0n) is 15.7. The lowest BCUT2D eigenvalue weighted by Gasteiger charge is -2.38. The summed E-state index contributed by atoms with van der Waals surface area (Å²) in [6.07, 6.45) is 0.162. The van der Waals surface area contributed by atoms with Crippen LogP contribution in [0, 0.1) is 5.82 Å². The van der Waals surface area contributed by atoms with Crippen molar-refractivity contribution in [2.24, 2.45) is 0 Å². The highest BCUT2D eigenvalue weighted by molar-refractivity contribution is 6.22. The summed E-state index contributed by atoms with van der Waals surface area (Å²) in [6.45, 7) is 2.42. The van der Waals surface area contributed by atoms with E-state index >= 15 is 0 Å². The van der Waals surface area contributed by atoms with Gasteiger partial charge in [-0.2, -0.15) is 0 Å². The molecule has 0 saturated carbocycles. The second-order valence-corrected chi connectivity index (χ2v) is 6.96. The van der Waals surface area contributed by atoms with Crippen LogP contribution in [0.4, 0.5) is 15.8 Å². The number of halogens is 1. The maximum atomic E-state index is 14.0. The smallest absolute Gasteiger partial charge is 0.251 e. The van der Waals surface area contributed by atoms with Gasteiger partial charge in [-0.25, -0.2) is 9.29 Å². The van der Waals surface area contributed by atoms with Gasteiger partial charge in [-0.3, -0.25) is 14.5 Å². The molecule has 2 heterocycles. The third-order valence-corrected chi connectivity index (χ3v) is 5.38. The highest BCUT2D eigenvalue weighted by Crippen LogP contribution is 2.29. The summed E-state index contributed by atoms with van der Waals surface area (Å²) in [4.78, 5) is 30.8. The van der Waals surface area contributed by atoms with Gasteiger partial charge in [0.2, 0.25) is 5.91 Å². The normalized spacial score (nSPS) is 20.7. The minimum Gasteiger partial charge on any atom is -0.497 e. The number of hydrogen-bond acceptors (Lipinski definition) is 5. The van der Waals surface area contributed by atoms with E-state index in [2.05, 4.69) is 0 Å². The van der Waals surface area contributed by atoms with E-state index in [1.165, 1.54) is 11.0 Å². The van der Waals surface area contributed by atoms with Crippen LogP contribution in [0.15, 0.2) is 48.5 Å². The Morgan fingerprint density at radius 3 is 2.46 bits per heavy atom. The minimum atomic E-state index is -0.471. The second-order valence-electron chi connectivity index (χ2n) is 6.96. The topological polar surface area (TPSA) is 53.1 Å². The average Bonchev–Trinajstić information content (AvgIpc) is 3.02. The largest absolute Gasteiger partial charge is 0.497 e. The van der Waals surface area contributed by atoms with Gasteiger partial charge < -0.3 is 9.64 Å². The molecule has 2 aliphatic heterocycles. The fourth-order valence-corrected chi connectivity index (χ4v) is 3.90. The lowest BCUT2D eigenvalue weighted by molar-refractivity contribution is -0.123. The molecule has 0 bridgehead atoms. The summed E-state index contributed by atoms with van der Waals surface area (Å²) >= 11 is 0. The summed E-state index contributed by atoms with van der Waals surface area (Å²) in [7, 11) is 1.55. The fourth-order valence-electron chi connectivity index (χ4n) is 3.90. The van der Waals surface area contributed by atoms with Crippen LogP contribution in [-0.4, -0.2) is 56.0 Å². The van der Waals surface area contributed by atoms with Gasteiger partial charge in [0.05, 0.1) is 30.9 Å². The summed E-state index contributed by atoms with van der Waals surface area (Å²) in [5, 5.41) is 0. The third-order valence-electron chi connectivity index (χ3n) is 5.38. The van der Waals surface area contributed by atoms with E-state index in [4.69, 9.17) is 4.74 Å². The van der Waals surface area contributed by atoms with Crippen molar-refractivity contribution < 1.29 is 18.7 Å². The molecule has 2 aromatic carbocycles. The predicted molar refractivity (Wildman–Crippen MR) is 104 cm³/mol. The summed E-state index contributed by atoms with van der Waals surface area (Å²) < 4.78 is 19.2. The van der Waals surface area contributed by atoms with E-state index in [1.54, 1.807) is 43.5 Å². The predicted octanol–water partition coefficient (Wildman–Crippen LogP) is 2.29. The number of carbonyl (C=O) groups excluding carboxylic acids is 2. The number of hydrogen-bond donors (Lipinski definition) is 0. The highest BCUT2D eigenvalue weighted by Gasteiger charge is 2.43. The average molecular weight is 383 g/mol.